The molecule has 0 aromatic heterocycles. The van der Waals surface area contributed by atoms with Crippen molar-refractivity contribution in [3.63, 3.8) is 0 Å². The highest BCUT2D eigenvalue weighted by atomic mass is 32.2. The molecule has 0 fully saturated rings. The normalized spacial score (nSPS) is 14.2. The van der Waals surface area contributed by atoms with Crippen molar-refractivity contribution in [3.8, 4) is 0 Å². The number of nitrogens with two attached hydrogens (primary N) is 2. The molecule has 9 nitrogen and oxygen atoms in total. The van der Waals surface area contributed by atoms with E-state index in [0.29, 0.717) is 19.4 Å². The van der Waals surface area contributed by atoms with Crippen LogP contribution in [0.3, 0.4) is 0 Å². The molecule has 0 radical (unpaired) electrons. The summed E-state index contributed by atoms with van der Waals surface area (Å²) in [6.07, 6.45) is 2.54. The van der Waals surface area contributed by atoms with Crippen molar-refractivity contribution in [3.05, 3.63) is 0 Å². The zero-order chi connectivity index (χ0) is 19.5. The Kier molecular flexibility index (Phi) is 11.6. The van der Waals surface area contributed by atoms with E-state index < -0.39 is 39.8 Å². The second-order valence-corrected chi connectivity index (χ2v) is 8.08. The fraction of sp³-hybridized carbons (Fsp3) is 0.867. The van der Waals surface area contributed by atoms with Crippen LogP contribution < -0.4 is 22.1 Å². The maximum Gasteiger partial charge on any atom is 0.264 e. The highest BCUT2D eigenvalue weighted by Gasteiger charge is 2.24. The van der Waals surface area contributed by atoms with Crippen LogP contribution in [0.4, 0.5) is 0 Å². The minimum Gasteiger partial charge on any atom is -0.354 e. The van der Waals surface area contributed by atoms with Crippen molar-refractivity contribution in [2.75, 3.05) is 18.8 Å². The Morgan fingerprint density at radius 2 is 1.76 bits per heavy atom. The third-order valence-corrected chi connectivity index (χ3v) is 4.33. The summed E-state index contributed by atoms with van der Waals surface area (Å²) < 4.78 is 30.0. The summed E-state index contributed by atoms with van der Waals surface area (Å²) in [5.74, 6) is -1.05. The molecule has 7 N–H and O–H groups in total. The van der Waals surface area contributed by atoms with Gasteiger partial charge >= 0.3 is 0 Å². The van der Waals surface area contributed by atoms with Gasteiger partial charge in [-0.1, -0.05) is 20.3 Å². The summed E-state index contributed by atoms with van der Waals surface area (Å²) in [4.78, 5) is 24.4. The molecular weight excluding hydrogens is 348 g/mol. The molecule has 25 heavy (non-hydrogen) atoms. The Bertz CT molecular complexity index is 510. The monoisotopic (exact) mass is 380 g/mol. The van der Waals surface area contributed by atoms with Crippen LogP contribution >= 0.6 is 0 Å². The maximum atomic E-state index is 12.2. The van der Waals surface area contributed by atoms with Gasteiger partial charge in [0.2, 0.25) is 11.8 Å². The number of hydrogen-bond acceptors (Lipinski definition) is 6. The quantitative estimate of drug-likeness (QED) is 0.209. The van der Waals surface area contributed by atoms with Crippen LogP contribution in [0.25, 0.3) is 0 Å². The highest BCUT2D eigenvalue weighted by Crippen LogP contribution is 2.06. The van der Waals surface area contributed by atoms with Crippen molar-refractivity contribution < 1.29 is 22.6 Å². The molecule has 0 aliphatic carbocycles. The average molecular weight is 381 g/mol. The Labute approximate surface area is 150 Å². The molecule has 0 heterocycles. The number of carbonyl (C=O) groups excluding carboxylic acids is 2. The number of amides is 2. The lowest BCUT2D eigenvalue weighted by Gasteiger charge is -2.22. The SMILES string of the molecule is CC(C)C[C@H](NC(=O)[C@@H](N)CCCCN)C(=O)NCCCS(=O)(=O)O. The molecule has 0 saturated carbocycles. The zero-order valence-corrected chi connectivity index (χ0v) is 15.8. The van der Waals surface area contributed by atoms with Gasteiger partial charge in [0.05, 0.1) is 11.8 Å². The molecule has 0 aliphatic heterocycles. The van der Waals surface area contributed by atoms with Gasteiger partial charge in [-0.05, 0) is 38.1 Å². The first-order chi connectivity index (χ1) is 11.6. The van der Waals surface area contributed by atoms with Crippen LogP contribution in [0.5, 0.6) is 0 Å². The van der Waals surface area contributed by atoms with Crippen molar-refractivity contribution in [1.29, 1.82) is 0 Å². The molecule has 0 unspecified atom stereocenters. The second-order valence-electron chi connectivity index (χ2n) is 6.51. The van der Waals surface area contributed by atoms with Crippen molar-refractivity contribution in [1.82, 2.24) is 10.6 Å². The fourth-order valence-corrected chi connectivity index (χ4v) is 2.72. The molecule has 0 aromatic carbocycles. The molecule has 2 amide bonds. The lowest BCUT2D eigenvalue weighted by molar-refractivity contribution is -0.130. The van der Waals surface area contributed by atoms with E-state index >= 15 is 0 Å². The van der Waals surface area contributed by atoms with Crippen molar-refractivity contribution in [2.24, 2.45) is 17.4 Å². The summed E-state index contributed by atoms with van der Waals surface area (Å²) in [7, 11) is -4.05. The number of rotatable bonds is 13. The van der Waals surface area contributed by atoms with Crippen LogP contribution in [0.2, 0.25) is 0 Å². The fourth-order valence-electron chi connectivity index (χ4n) is 2.21. The standard InChI is InChI=1S/C15H32N4O5S/c1-11(2)10-13(15(21)18-8-5-9-25(22,23)24)19-14(20)12(17)6-3-4-7-16/h11-13H,3-10,16-17H2,1-2H3,(H,18,21)(H,19,20)(H,22,23,24)/t12-,13-/m0/s1. The van der Waals surface area contributed by atoms with Crippen molar-refractivity contribution >= 4 is 21.9 Å². The number of hydrogen-bond donors (Lipinski definition) is 5. The number of nitrogens with one attached hydrogen (secondary N) is 2. The smallest absolute Gasteiger partial charge is 0.264 e. The Morgan fingerprint density at radius 3 is 2.28 bits per heavy atom. The van der Waals surface area contributed by atoms with Gasteiger partial charge < -0.3 is 22.1 Å². The van der Waals surface area contributed by atoms with Crippen LogP contribution in [-0.2, 0) is 19.7 Å². The van der Waals surface area contributed by atoms with E-state index in [0.717, 1.165) is 12.8 Å². The third kappa shape index (κ3) is 12.7. The van der Waals surface area contributed by atoms with E-state index in [4.69, 9.17) is 16.0 Å². The van der Waals surface area contributed by atoms with E-state index in [2.05, 4.69) is 10.6 Å². The Morgan fingerprint density at radius 1 is 1.12 bits per heavy atom. The van der Waals surface area contributed by atoms with Crippen LogP contribution in [-0.4, -0.2) is 55.7 Å². The average Bonchev–Trinajstić information content (AvgIpc) is 2.49. The third-order valence-electron chi connectivity index (χ3n) is 3.52. The minimum absolute atomic E-state index is 0.0888. The van der Waals surface area contributed by atoms with Crippen LogP contribution in [0, 0.1) is 5.92 Å². The summed E-state index contributed by atoms with van der Waals surface area (Å²) in [6.45, 7) is 4.47. The largest absolute Gasteiger partial charge is 0.354 e. The summed E-state index contributed by atoms with van der Waals surface area (Å²) in [5.41, 5.74) is 11.2. The molecule has 0 rings (SSSR count). The molecule has 0 bridgehead atoms. The topological polar surface area (TPSA) is 165 Å². The Balaban J connectivity index is 4.51. The zero-order valence-electron chi connectivity index (χ0n) is 15.0. The second kappa shape index (κ2) is 12.2. The van der Waals surface area contributed by atoms with E-state index in [-0.39, 0.29) is 18.9 Å². The summed E-state index contributed by atoms with van der Waals surface area (Å²) in [5, 5.41) is 5.23. The maximum absolute atomic E-state index is 12.2. The summed E-state index contributed by atoms with van der Waals surface area (Å²) in [6, 6.07) is -1.44. The van der Waals surface area contributed by atoms with Gasteiger partial charge in [-0.3, -0.25) is 14.1 Å². The molecule has 0 aliphatic rings. The number of carbonyl (C=O) groups is 2. The van der Waals surface area contributed by atoms with E-state index in [1.165, 1.54) is 0 Å². The molecular formula is C15H32N4O5S. The van der Waals surface area contributed by atoms with Gasteiger partial charge in [0, 0.05) is 6.54 Å². The summed E-state index contributed by atoms with van der Waals surface area (Å²) >= 11 is 0. The van der Waals surface area contributed by atoms with Gasteiger partial charge in [-0.15, -0.1) is 0 Å². The molecule has 10 heteroatoms. The first kappa shape index (κ1) is 23.8. The highest BCUT2D eigenvalue weighted by molar-refractivity contribution is 7.85. The van der Waals surface area contributed by atoms with Crippen LogP contribution in [0.1, 0.15) is 46.0 Å². The van der Waals surface area contributed by atoms with Crippen LogP contribution in [0.15, 0.2) is 0 Å². The van der Waals surface area contributed by atoms with Gasteiger partial charge in [0.15, 0.2) is 0 Å². The molecule has 0 aromatic rings. The van der Waals surface area contributed by atoms with E-state index in [1.807, 2.05) is 13.8 Å². The van der Waals surface area contributed by atoms with Gasteiger partial charge in [0.25, 0.3) is 10.1 Å². The lowest BCUT2D eigenvalue weighted by Crippen LogP contribution is -2.52. The Hall–Kier alpha value is -1.23. The first-order valence-electron chi connectivity index (χ1n) is 8.55. The minimum atomic E-state index is -4.05. The van der Waals surface area contributed by atoms with E-state index in [9.17, 15) is 18.0 Å². The molecule has 148 valence electrons. The molecule has 2 atom stereocenters. The number of unbranched alkanes of at least 4 members (excludes halogenated alkanes) is 1. The van der Waals surface area contributed by atoms with Crippen molar-refractivity contribution in [2.45, 2.75) is 58.0 Å². The predicted molar refractivity (Wildman–Crippen MR) is 96.3 cm³/mol. The molecule has 0 spiro atoms. The lowest BCUT2D eigenvalue weighted by atomic mass is 10.0. The molecule has 0 saturated heterocycles. The van der Waals surface area contributed by atoms with Gasteiger partial charge in [-0.2, -0.15) is 8.42 Å². The van der Waals surface area contributed by atoms with Gasteiger partial charge in [0.1, 0.15) is 6.04 Å². The van der Waals surface area contributed by atoms with Gasteiger partial charge in [-0.25, -0.2) is 0 Å². The first-order valence-corrected chi connectivity index (χ1v) is 10.2. The van der Waals surface area contributed by atoms with E-state index in [1.54, 1.807) is 0 Å². The predicted octanol–water partition coefficient (Wildman–Crippen LogP) is -0.632.